The van der Waals surface area contributed by atoms with Crippen molar-refractivity contribution >= 4 is 30.1 Å². The summed E-state index contributed by atoms with van der Waals surface area (Å²) in [6.07, 6.45) is 0.00897. The highest BCUT2D eigenvalue weighted by molar-refractivity contribution is 7.80. The van der Waals surface area contributed by atoms with Gasteiger partial charge in [0.2, 0.25) is 5.91 Å². The molecule has 0 unspecified atom stereocenters. The van der Waals surface area contributed by atoms with E-state index >= 15 is 0 Å². The molecule has 0 radical (unpaired) electrons. The predicted octanol–water partition coefficient (Wildman–Crippen LogP) is 2.17. The van der Waals surface area contributed by atoms with Crippen LogP contribution in [0.4, 0.5) is 10.1 Å². The molecule has 0 saturated heterocycles. The molecule has 3 N–H and O–H groups in total. The summed E-state index contributed by atoms with van der Waals surface area (Å²) < 4.78 is 18.1. The van der Waals surface area contributed by atoms with Crippen LogP contribution in [0.25, 0.3) is 0 Å². The minimum Gasteiger partial charge on any atom is -0.494 e. The third kappa shape index (κ3) is 4.63. The summed E-state index contributed by atoms with van der Waals surface area (Å²) in [5.41, 5.74) is 6.09. The maximum atomic E-state index is 12.8. The maximum absolute atomic E-state index is 12.8. The van der Waals surface area contributed by atoms with Gasteiger partial charge in [-0.05, 0) is 29.8 Å². The number of rotatable bonds is 5. The van der Waals surface area contributed by atoms with E-state index in [1.165, 1.54) is 31.4 Å². The van der Waals surface area contributed by atoms with E-state index in [4.69, 9.17) is 4.74 Å². The number of hydrogen-bond donors (Lipinski definition) is 4. The van der Waals surface area contributed by atoms with E-state index in [0.717, 1.165) is 0 Å². The molecule has 0 saturated carbocycles. The van der Waals surface area contributed by atoms with Gasteiger partial charge in [0.25, 0.3) is 5.91 Å². The highest BCUT2D eigenvalue weighted by Gasteiger charge is 2.18. The van der Waals surface area contributed by atoms with Crippen LogP contribution in [-0.4, -0.2) is 26.0 Å². The second-order valence-electron chi connectivity index (χ2n) is 5.10. The number of carbonyl (C=O) groups is 2. The number of ether oxygens (including phenoxy) is 1. The van der Waals surface area contributed by atoms with Gasteiger partial charge in [0.1, 0.15) is 5.82 Å². The Morgan fingerprint density at radius 3 is 2.40 bits per heavy atom. The molecule has 0 aliphatic heterocycles. The molecule has 0 aliphatic rings. The van der Waals surface area contributed by atoms with Crippen molar-refractivity contribution in [2.45, 2.75) is 11.3 Å². The van der Waals surface area contributed by atoms with Crippen molar-refractivity contribution in [2.75, 3.05) is 19.5 Å². The number of thiol groups is 1. The smallest absolute Gasteiger partial charge is 0.273 e. The zero-order chi connectivity index (χ0) is 18.4. The van der Waals surface area contributed by atoms with Gasteiger partial charge in [-0.1, -0.05) is 12.1 Å². The second kappa shape index (κ2) is 8.39. The largest absolute Gasteiger partial charge is 0.494 e. The van der Waals surface area contributed by atoms with Crippen molar-refractivity contribution in [1.29, 1.82) is 0 Å². The topological polar surface area (TPSA) is 79.5 Å². The first-order valence-electron chi connectivity index (χ1n) is 7.37. The van der Waals surface area contributed by atoms with Gasteiger partial charge in [0.05, 0.1) is 24.8 Å². The molecule has 2 rings (SSSR count). The highest BCUT2D eigenvalue weighted by Crippen LogP contribution is 2.34. The van der Waals surface area contributed by atoms with Crippen LogP contribution in [0.3, 0.4) is 0 Å². The Morgan fingerprint density at radius 1 is 1.12 bits per heavy atom. The first kappa shape index (κ1) is 18.6. The Kier molecular flexibility index (Phi) is 6.24. The highest BCUT2D eigenvalue weighted by atomic mass is 32.1. The van der Waals surface area contributed by atoms with Gasteiger partial charge < -0.3 is 10.1 Å². The number of amides is 2. The number of hydrazine groups is 1. The number of nitrogens with one attached hydrogen (secondary N) is 3. The van der Waals surface area contributed by atoms with E-state index in [2.05, 4.69) is 28.8 Å². The molecule has 0 fully saturated rings. The Bertz CT molecular complexity index is 781. The lowest BCUT2D eigenvalue weighted by atomic mass is 10.1. The molecule has 132 valence electrons. The minimum absolute atomic E-state index is 0.00897. The van der Waals surface area contributed by atoms with Crippen molar-refractivity contribution in [3.8, 4) is 5.75 Å². The van der Waals surface area contributed by atoms with Crippen LogP contribution < -0.4 is 20.9 Å². The predicted molar refractivity (Wildman–Crippen MR) is 95.5 cm³/mol. The molecule has 0 aliphatic carbocycles. The number of benzene rings is 2. The fourth-order valence-electron chi connectivity index (χ4n) is 2.23. The summed E-state index contributed by atoms with van der Waals surface area (Å²) in [6, 6.07) is 8.74. The Hall–Kier alpha value is -2.74. The van der Waals surface area contributed by atoms with Gasteiger partial charge in [0.15, 0.2) is 5.75 Å². The van der Waals surface area contributed by atoms with Crippen LogP contribution in [-0.2, 0) is 11.2 Å². The van der Waals surface area contributed by atoms with Crippen molar-refractivity contribution in [3.63, 3.8) is 0 Å². The molecule has 0 heterocycles. The minimum atomic E-state index is -0.533. The number of halogens is 1. The lowest BCUT2D eigenvalue weighted by Crippen LogP contribution is -2.42. The van der Waals surface area contributed by atoms with Crippen LogP contribution in [0.5, 0.6) is 5.75 Å². The van der Waals surface area contributed by atoms with Crippen LogP contribution in [0.15, 0.2) is 41.3 Å². The maximum Gasteiger partial charge on any atom is 0.273 e. The van der Waals surface area contributed by atoms with Crippen LogP contribution in [0.2, 0.25) is 0 Å². The SMILES string of the molecule is CNc1c(S)ccc(C(=O)NNC(=O)Cc2ccc(F)cc2)c1OC. The standard InChI is InChI=1S/C17H18FN3O3S/c1-19-15-13(25)8-7-12(16(15)24-2)17(23)21-20-14(22)9-10-3-5-11(18)6-4-10/h3-8,19,25H,9H2,1-2H3,(H,20,22)(H,21,23). The van der Waals surface area contributed by atoms with Gasteiger partial charge in [-0.2, -0.15) is 0 Å². The first-order valence-corrected chi connectivity index (χ1v) is 7.82. The van der Waals surface area contributed by atoms with E-state index in [1.807, 2.05) is 0 Å². The molecule has 2 aromatic carbocycles. The molecule has 6 nitrogen and oxygen atoms in total. The molecular formula is C17H18FN3O3S. The lowest BCUT2D eigenvalue weighted by molar-refractivity contribution is -0.121. The Labute approximate surface area is 150 Å². The van der Waals surface area contributed by atoms with Gasteiger partial charge in [-0.15, -0.1) is 12.6 Å². The average molecular weight is 363 g/mol. The van der Waals surface area contributed by atoms with Crippen molar-refractivity contribution in [2.24, 2.45) is 0 Å². The quantitative estimate of drug-likeness (QED) is 0.485. The summed E-state index contributed by atoms with van der Waals surface area (Å²) in [6.45, 7) is 0. The molecule has 25 heavy (non-hydrogen) atoms. The van der Waals surface area contributed by atoms with Crippen LogP contribution in [0, 0.1) is 5.82 Å². The van der Waals surface area contributed by atoms with Gasteiger partial charge >= 0.3 is 0 Å². The van der Waals surface area contributed by atoms with Crippen molar-refractivity contribution in [3.05, 3.63) is 53.3 Å². The van der Waals surface area contributed by atoms with Gasteiger partial charge in [0, 0.05) is 11.9 Å². The monoisotopic (exact) mass is 363 g/mol. The molecule has 0 atom stereocenters. The summed E-state index contributed by atoms with van der Waals surface area (Å²) >= 11 is 4.29. The number of hydrogen-bond acceptors (Lipinski definition) is 5. The second-order valence-corrected chi connectivity index (χ2v) is 5.58. The van der Waals surface area contributed by atoms with E-state index in [0.29, 0.717) is 21.9 Å². The zero-order valence-electron chi connectivity index (χ0n) is 13.7. The number of carbonyl (C=O) groups excluding carboxylic acids is 2. The van der Waals surface area contributed by atoms with Crippen molar-refractivity contribution < 1.29 is 18.7 Å². The van der Waals surface area contributed by atoms with Crippen molar-refractivity contribution in [1.82, 2.24) is 10.9 Å². The number of methoxy groups -OCH3 is 1. The first-order chi connectivity index (χ1) is 12.0. The molecular weight excluding hydrogens is 345 g/mol. The van der Waals surface area contributed by atoms with Gasteiger partial charge in [-0.25, -0.2) is 4.39 Å². The van der Waals surface area contributed by atoms with Gasteiger partial charge in [-0.3, -0.25) is 20.4 Å². The molecule has 0 aromatic heterocycles. The summed E-state index contributed by atoms with van der Waals surface area (Å²) in [7, 11) is 3.12. The van der Waals surface area contributed by atoms with E-state index in [-0.39, 0.29) is 17.8 Å². The zero-order valence-corrected chi connectivity index (χ0v) is 14.6. The normalized spacial score (nSPS) is 10.1. The third-order valence-electron chi connectivity index (χ3n) is 3.43. The molecule has 0 spiro atoms. The molecule has 0 bridgehead atoms. The average Bonchev–Trinajstić information content (AvgIpc) is 2.61. The van der Waals surface area contributed by atoms with Crippen LogP contribution in [0.1, 0.15) is 15.9 Å². The van der Waals surface area contributed by atoms with E-state index < -0.39 is 11.8 Å². The fraction of sp³-hybridized carbons (Fsp3) is 0.176. The van der Waals surface area contributed by atoms with E-state index in [1.54, 1.807) is 19.2 Å². The molecule has 8 heteroatoms. The van der Waals surface area contributed by atoms with Crippen LogP contribution >= 0.6 is 12.6 Å². The molecule has 2 amide bonds. The summed E-state index contributed by atoms with van der Waals surface area (Å²) in [4.78, 5) is 24.8. The van der Waals surface area contributed by atoms with E-state index in [9.17, 15) is 14.0 Å². The Balaban J connectivity index is 2.02. The summed E-state index contributed by atoms with van der Waals surface area (Å²) in [5.74, 6) is -1.02. The fourth-order valence-corrected chi connectivity index (χ4v) is 2.52. The Morgan fingerprint density at radius 2 is 1.80 bits per heavy atom. The molecule has 2 aromatic rings. The third-order valence-corrected chi connectivity index (χ3v) is 3.80. The number of anilines is 1. The lowest BCUT2D eigenvalue weighted by Gasteiger charge is -2.15. The summed E-state index contributed by atoms with van der Waals surface area (Å²) in [5, 5.41) is 2.91.